The Balaban J connectivity index is 2.91. The predicted molar refractivity (Wildman–Crippen MR) is 62.6 cm³/mol. The first kappa shape index (κ1) is 13.5. The number of aryl methyl sites for hydroxylation is 1. The van der Waals surface area contributed by atoms with Crippen molar-refractivity contribution >= 4 is 11.6 Å². The second-order valence-electron chi connectivity index (χ2n) is 3.59. The number of hydrogen-bond donors (Lipinski definition) is 0. The largest absolute Gasteiger partial charge is 0.367 e. The maximum Gasteiger partial charge on any atom is 0.227 e. The first-order chi connectivity index (χ1) is 7.72. The summed E-state index contributed by atoms with van der Waals surface area (Å²) in [4.78, 5) is 4.35. The minimum Gasteiger partial charge on any atom is -0.367 e. The maximum atomic E-state index is 5.79. The summed E-state index contributed by atoms with van der Waals surface area (Å²) < 4.78 is 10.9. The molecule has 0 radical (unpaired) electrons. The molecular formula is C11H19ClN2O2. The number of aromatic nitrogens is 2. The van der Waals surface area contributed by atoms with E-state index in [4.69, 9.17) is 20.9 Å². The van der Waals surface area contributed by atoms with Gasteiger partial charge in [0.05, 0.1) is 0 Å². The molecule has 1 aromatic rings. The molecule has 0 aliphatic rings. The van der Waals surface area contributed by atoms with Gasteiger partial charge in [-0.2, -0.15) is 4.98 Å². The Bertz CT molecular complexity index is 311. The molecule has 16 heavy (non-hydrogen) atoms. The van der Waals surface area contributed by atoms with E-state index in [9.17, 15) is 0 Å². The Kier molecular flexibility index (Phi) is 5.22. The fourth-order valence-corrected chi connectivity index (χ4v) is 1.90. The average Bonchev–Trinajstić information content (AvgIpc) is 2.76. The first-order valence-corrected chi connectivity index (χ1v) is 6.28. The molecule has 4 nitrogen and oxygen atoms in total. The van der Waals surface area contributed by atoms with Crippen LogP contribution >= 0.6 is 11.6 Å². The molecule has 0 aromatic carbocycles. The van der Waals surface area contributed by atoms with Gasteiger partial charge in [-0.05, 0) is 19.8 Å². The topological polar surface area (TPSA) is 48.2 Å². The third kappa shape index (κ3) is 2.74. The van der Waals surface area contributed by atoms with Crippen LogP contribution in [0.3, 0.4) is 0 Å². The molecule has 0 atom stereocenters. The van der Waals surface area contributed by atoms with Crippen LogP contribution in [0.25, 0.3) is 0 Å². The number of hydrogen-bond acceptors (Lipinski definition) is 4. The zero-order valence-corrected chi connectivity index (χ0v) is 10.9. The van der Waals surface area contributed by atoms with Crippen LogP contribution in [-0.4, -0.2) is 22.6 Å². The summed E-state index contributed by atoms with van der Waals surface area (Å²) in [6, 6.07) is 0. The minimum absolute atomic E-state index is 0.414. The van der Waals surface area contributed by atoms with Crippen molar-refractivity contribution in [1.29, 1.82) is 0 Å². The highest BCUT2D eigenvalue weighted by atomic mass is 35.5. The van der Waals surface area contributed by atoms with Gasteiger partial charge in [-0.25, -0.2) is 0 Å². The smallest absolute Gasteiger partial charge is 0.227 e. The Morgan fingerprint density at radius 3 is 2.50 bits per heavy atom. The quantitative estimate of drug-likeness (QED) is 0.694. The molecule has 1 rings (SSSR count). The number of ether oxygens (including phenoxy) is 1. The van der Waals surface area contributed by atoms with Crippen molar-refractivity contribution in [3.63, 3.8) is 0 Å². The molecule has 5 heteroatoms. The van der Waals surface area contributed by atoms with E-state index in [2.05, 4.69) is 24.0 Å². The van der Waals surface area contributed by atoms with Crippen molar-refractivity contribution in [3.05, 3.63) is 11.7 Å². The number of nitrogens with zero attached hydrogens (tertiary/aromatic N) is 2. The molecule has 0 saturated carbocycles. The van der Waals surface area contributed by atoms with Gasteiger partial charge in [0.1, 0.15) is 5.60 Å². The van der Waals surface area contributed by atoms with Gasteiger partial charge in [-0.15, -0.1) is 11.6 Å². The van der Waals surface area contributed by atoms with E-state index in [1.165, 1.54) is 0 Å². The lowest BCUT2D eigenvalue weighted by Gasteiger charge is -2.27. The van der Waals surface area contributed by atoms with E-state index < -0.39 is 5.60 Å². The lowest BCUT2D eigenvalue weighted by Crippen LogP contribution is -2.29. The molecule has 0 fully saturated rings. The fraction of sp³-hybridized carbons (Fsp3) is 0.818. The van der Waals surface area contributed by atoms with Gasteiger partial charge < -0.3 is 9.26 Å². The zero-order chi connectivity index (χ0) is 12.0. The van der Waals surface area contributed by atoms with Crippen molar-refractivity contribution < 1.29 is 9.26 Å². The van der Waals surface area contributed by atoms with Crippen molar-refractivity contribution in [3.8, 4) is 0 Å². The van der Waals surface area contributed by atoms with E-state index in [1.807, 2.05) is 6.92 Å². The van der Waals surface area contributed by atoms with Crippen LogP contribution in [0.2, 0.25) is 0 Å². The first-order valence-electron chi connectivity index (χ1n) is 5.75. The monoisotopic (exact) mass is 246 g/mol. The number of alkyl halides is 1. The predicted octanol–water partition coefficient (Wildman–Crippen LogP) is 2.90. The Morgan fingerprint density at radius 1 is 1.31 bits per heavy atom. The minimum atomic E-state index is -0.414. The summed E-state index contributed by atoms with van der Waals surface area (Å²) in [5, 5.41) is 4.00. The average molecular weight is 247 g/mol. The second-order valence-corrected chi connectivity index (χ2v) is 3.96. The third-order valence-electron chi connectivity index (χ3n) is 2.75. The van der Waals surface area contributed by atoms with Gasteiger partial charge in [0.25, 0.3) is 0 Å². The summed E-state index contributed by atoms with van der Waals surface area (Å²) in [5.41, 5.74) is -0.414. The zero-order valence-electron chi connectivity index (χ0n) is 10.1. The van der Waals surface area contributed by atoms with Crippen LogP contribution in [-0.2, 0) is 16.8 Å². The van der Waals surface area contributed by atoms with E-state index in [0.717, 1.165) is 12.8 Å². The molecule has 1 aromatic heterocycles. The summed E-state index contributed by atoms with van der Waals surface area (Å²) in [6.45, 7) is 6.74. The van der Waals surface area contributed by atoms with E-state index in [0.29, 0.717) is 30.6 Å². The fourth-order valence-electron chi connectivity index (χ4n) is 1.73. The van der Waals surface area contributed by atoms with Crippen LogP contribution in [0, 0.1) is 0 Å². The summed E-state index contributed by atoms with van der Waals surface area (Å²) in [7, 11) is 0. The molecular weight excluding hydrogens is 228 g/mol. The Morgan fingerprint density at radius 2 is 2.00 bits per heavy atom. The highest BCUT2D eigenvalue weighted by Gasteiger charge is 2.34. The van der Waals surface area contributed by atoms with Crippen LogP contribution in [0.4, 0.5) is 0 Å². The van der Waals surface area contributed by atoms with Gasteiger partial charge in [0.15, 0.2) is 0 Å². The summed E-state index contributed by atoms with van der Waals surface area (Å²) >= 11 is 5.63. The maximum absolute atomic E-state index is 5.79. The van der Waals surface area contributed by atoms with Gasteiger partial charge in [-0.3, -0.25) is 0 Å². The number of rotatable bonds is 7. The molecule has 92 valence electrons. The molecule has 0 aliphatic heterocycles. The van der Waals surface area contributed by atoms with Crippen LogP contribution in [0.1, 0.15) is 45.3 Å². The van der Waals surface area contributed by atoms with Crippen LogP contribution < -0.4 is 0 Å². The lowest BCUT2D eigenvalue weighted by molar-refractivity contribution is -0.0583. The van der Waals surface area contributed by atoms with Crippen LogP contribution in [0.15, 0.2) is 4.52 Å². The van der Waals surface area contributed by atoms with E-state index >= 15 is 0 Å². The van der Waals surface area contributed by atoms with Crippen molar-refractivity contribution in [2.24, 2.45) is 0 Å². The van der Waals surface area contributed by atoms with Crippen LogP contribution in [0.5, 0.6) is 0 Å². The highest BCUT2D eigenvalue weighted by Crippen LogP contribution is 2.30. The van der Waals surface area contributed by atoms with Gasteiger partial charge >= 0.3 is 0 Å². The Labute approximate surface area is 101 Å². The normalized spacial score (nSPS) is 12.0. The molecule has 0 amide bonds. The number of halogens is 1. The van der Waals surface area contributed by atoms with E-state index in [-0.39, 0.29) is 0 Å². The SMILES string of the molecule is CCOC(CC)(CC)c1noc(CCCl)n1. The molecule has 0 saturated heterocycles. The molecule has 0 bridgehead atoms. The van der Waals surface area contributed by atoms with Gasteiger partial charge in [0, 0.05) is 18.9 Å². The van der Waals surface area contributed by atoms with Crippen molar-refractivity contribution in [2.45, 2.75) is 45.6 Å². The third-order valence-corrected chi connectivity index (χ3v) is 2.94. The summed E-state index contributed by atoms with van der Waals surface area (Å²) in [5.74, 6) is 1.71. The molecule has 1 heterocycles. The molecule has 0 aliphatic carbocycles. The molecule has 0 unspecified atom stereocenters. The summed E-state index contributed by atoms with van der Waals surface area (Å²) in [6.07, 6.45) is 2.26. The van der Waals surface area contributed by atoms with Crippen molar-refractivity contribution in [2.75, 3.05) is 12.5 Å². The van der Waals surface area contributed by atoms with E-state index in [1.54, 1.807) is 0 Å². The van der Waals surface area contributed by atoms with Gasteiger partial charge in [-0.1, -0.05) is 19.0 Å². The second kappa shape index (κ2) is 6.21. The standard InChI is InChI=1S/C11H19ClN2O2/c1-4-11(5-2,15-6-3)10-13-9(7-8-12)16-14-10/h4-8H2,1-3H3. The van der Waals surface area contributed by atoms with Crippen molar-refractivity contribution in [1.82, 2.24) is 10.1 Å². The lowest BCUT2D eigenvalue weighted by atomic mass is 9.96. The molecule has 0 spiro atoms. The van der Waals surface area contributed by atoms with Gasteiger partial charge in [0.2, 0.25) is 11.7 Å². The highest BCUT2D eigenvalue weighted by molar-refractivity contribution is 6.17. The molecule has 0 N–H and O–H groups in total. The Hall–Kier alpha value is -0.610.